The maximum atomic E-state index is 11.5. The van der Waals surface area contributed by atoms with E-state index in [0.29, 0.717) is 12.3 Å². The van der Waals surface area contributed by atoms with Gasteiger partial charge in [-0.15, -0.1) is 0 Å². The van der Waals surface area contributed by atoms with Gasteiger partial charge >= 0.3 is 0 Å². The van der Waals surface area contributed by atoms with Crippen molar-refractivity contribution in [2.75, 3.05) is 23.9 Å². The molecule has 1 unspecified atom stereocenters. The van der Waals surface area contributed by atoms with E-state index < -0.39 is 0 Å². The van der Waals surface area contributed by atoms with Crippen molar-refractivity contribution in [3.8, 4) is 0 Å². The van der Waals surface area contributed by atoms with Gasteiger partial charge in [0.25, 0.3) is 0 Å². The minimum Gasteiger partial charge on any atom is -0.385 e. The fourth-order valence-electron chi connectivity index (χ4n) is 1.61. The van der Waals surface area contributed by atoms with E-state index in [0.717, 1.165) is 17.8 Å². The third kappa shape index (κ3) is 4.82. The number of hydrogen-bond donors (Lipinski definition) is 1. The molecule has 0 aliphatic heterocycles. The highest BCUT2D eigenvalue weighted by Gasteiger charge is 2.03. The van der Waals surface area contributed by atoms with Crippen molar-refractivity contribution in [2.24, 2.45) is 5.92 Å². The summed E-state index contributed by atoms with van der Waals surface area (Å²) in [7, 11) is 0. The average molecular weight is 251 g/mol. The molecular weight excluding hydrogens is 230 g/mol. The highest BCUT2D eigenvalue weighted by Crippen LogP contribution is 2.12. The van der Waals surface area contributed by atoms with Crippen molar-refractivity contribution >= 4 is 23.2 Å². The predicted molar refractivity (Wildman–Crippen MR) is 77.1 cm³/mol. The number of carbonyl (C=O) groups is 1. The van der Waals surface area contributed by atoms with Crippen molar-refractivity contribution in [3.05, 3.63) is 29.8 Å². The van der Waals surface area contributed by atoms with Gasteiger partial charge in [0.15, 0.2) is 5.78 Å². The summed E-state index contributed by atoms with van der Waals surface area (Å²) in [4.78, 5) is 11.5. The molecule has 0 heterocycles. The second-order valence-electron chi connectivity index (χ2n) is 4.30. The molecule has 0 saturated carbocycles. The molecule has 3 heteroatoms. The van der Waals surface area contributed by atoms with Gasteiger partial charge in [0.2, 0.25) is 0 Å². The molecule has 1 aromatic carbocycles. The number of hydrogen-bond acceptors (Lipinski definition) is 3. The van der Waals surface area contributed by atoms with Crippen LogP contribution in [0.4, 0.5) is 5.69 Å². The zero-order valence-corrected chi connectivity index (χ0v) is 11.6. The van der Waals surface area contributed by atoms with Crippen LogP contribution in [0.15, 0.2) is 24.3 Å². The van der Waals surface area contributed by atoms with E-state index in [9.17, 15) is 4.79 Å². The lowest BCUT2D eigenvalue weighted by molar-refractivity contribution is 0.0988. The van der Waals surface area contributed by atoms with Crippen molar-refractivity contribution in [1.82, 2.24) is 0 Å². The van der Waals surface area contributed by atoms with Gasteiger partial charge in [0.05, 0.1) is 0 Å². The third-order valence-corrected chi connectivity index (χ3v) is 3.54. The number of rotatable bonds is 7. The zero-order valence-electron chi connectivity index (χ0n) is 10.8. The second-order valence-corrected chi connectivity index (χ2v) is 5.21. The number of anilines is 1. The Morgan fingerprint density at radius 2 is 2.00 bits per heavy atom. The Balaban J connectivity index is 2.48. The van der Waals surface area contributed by atoms with Crippen molar-refractivity contribution in [2.45, 2.75) is 20.3 Å². The molecule has 1 atom stereocenters. The number of carbonyl (C=O) groups excluding carboxylic acids is 1. The Labute approximate surface area is 108 Å². The summed E-state index contributed by atoms with van der Waals surface area (Å²) < 4.78 is 0. The van der Waals surface area contributed by atoms with Crippen LogP contribution in [-0.4, -0.2) is 24.3 Å². The second kappa shape index (κ2) is 7.38. The molecule has 0 bridgehead atoms. The maximum Gasteiger partial charge on any atom is 0.162 e. The first-order chi connectivity index (χ1) is 8.17. The number of ketones is 1. The number of benzene rings is 1. The molecule has 0 saturated heterocycles. The Morgan fingerprint density at radius 3 is 2.53 bits per heavy atom. The summed E-state index contributed by atoms with van der Waals surface area (Å²) in [5.41, 5.74) is 1.89. The standard InChI is InChI=1S/C14H21NOS/c1-4-14(16)12-5-7-13(8-6-12)15-9-11(2)10-17-3/h5-8,11,15H,4,9-10H2,1-3H3. The molecule has 1 rings (SSSR count). The number of nitrogens with one attached hydrogen (secondary N) is 1. The van der Waals surface area contributed by atoms with E-state index in [1.54, 1.807) is 0 Å². The first kappa shape index (κ1) is 14.1. The van der Waals surface area contributed by atoms with Crippen LogP contribution in [0.3, 0.4) is 0 Å². The van der Waals surface area contributed by atoms with Crippen molar-refractivity contribution in [3.63, 3.8) is 0 Å². The highest BCUT2D eigenvalue weighted by atomic mass is 32.2. The summed E-state index contributed by atoms with van der Waals surface area (Å²) in [6.45, 7) is 5.10. The summed E-state index contributed by atoms with van der Waals surface area (Å²) in [5.74, 6) is 2.02. The van der Waals surface area contributed by atoms with Crippen LogP contribution in [0.1, 0.15) is 30.6 Å². The van der Waals surface area contributed by atoms with Gasteiger partial charge in [-0.05, 0) is 42.2 Å². The summed E-state index contributed by atoms with van der Waals surface area (Å²) in [6.07, 6.45) is 2.69. The Kier molecular flexibility index (Phi) is 6.12. The summed E-state index contributed by atoms with van der Waals surface area (Å²) >= 11 is 1.87. The molecule has 1 aromatic rings. The highest BCUT2D eigenvalue weighted by molar-refractivity contribution is 7.98. The number of thioether (sulfide) groups is 1. The Morgan fingerprint density at radius 1 is 1.35 bits per heavy atom. The fraction of sp³-hybridized carbons (Fsp3) is 0.500. The molecule has 0 amide bonds. The van der Waals surface area contributed by atoms with Gasteiger partial charge in [-0.2, -0.15) is 11.8 Å². The van der Waals surface area contributed by atoms with E-state index >= 15 is 0 Å². The normalized spacial score (nSPS) is 12.2. The molecule has 0 aliphatic carbocycles. The summed E-state index contributed by atoms with van der Waals surface area (Å²) in [5, 5.41) is 3.39. The smallest absolute Gasteiger partial charge is 0.162 e. The van der Waals surface area contributed by atoms with Gasteiger partial charge < -0.3 is 5.32 Å². The van der Waals surface area contributed by atoms with Crippen LogP contribution in [0.5, 0.6) is 0 Å². The van der Waals surface area contributed by atoms with Gasteiger partial charge in [0, 0.05) is 24.2 Å². The molecule has 94 valence electrons. The zero-order chi connectivity index (χ0) is 12.7. The van der Waals surface area contributed by atoms with E-state index in [1.165, 1.54) is 5.75 Å². The lowest BCUT2D eigenvalue weighted by Crippen LogP contribution is -2.13. The van der Waals surface area contributed by atoms with Crippen LogP contribution < -0.4 is 5.32 Å². The fourth-order valence-corrected chi connectivity index (χ4v) is 2.30. The van der Waals surface area contributed by atoms with E-state index in [4.69, 9.17) is 0 Å². The first-order valence-corrected chi connectivity index (χ1v) is 7.42. The predicted octanol–water partition coefficient (Wildman–Crippen LogP) is 3.69. The number of Topliss-reactive ketones (excluding diaryl/α,β-unsaturated/α-hetero) is 1. The lowest BCUT2D eigenvalue weighted by Gasteiger charge is -2.12. The van der Waals surface area contributed by atoms with Crippen molar-refractivity contribution in [1.29, 1.82) is 0 Å². The van der Waals surface area contributed by atoms with Crippen LogP contribution in [0.2, 0.25) is 0 Å². The molecule has 17 heavy (non-hydrogen) atoms. The topological polar surface area (TPSA) is 29.1 Å². The minimum atomic E-state index is 0.201. The quantitative estimate of drug-likeness (QED) is 0.749. The van der Waals surface area contributed by atoms with Crippen molar-refractivity contribution < 1.29 is 4.79 Å². The Bertz CT molecular complexity index is 348. The molecule has 2 nitrogen and oxygen atoms in total. The molecule has 0 aliphatic rings. The van der Waals surface area contributed by atoms with Gasteiger partial charge in [-0.3, -0.25) is 4.79 Å². The van der Waals surface area contributed by atoms with E-state index in [1.807, 2.05) is 43.0 Å². The van der Waals surface area contributed by atoms with Gasteiger partial charge in [0.1, 0.15) is 0 Å². The van der Waals surface area contributed by atoms with E-state index in [-0.39, 0.29) is 5.78 Å². The molecule has 0 spiro atoms. The molecule has 0 radical (unpaired) electrons. The molecule has 1 N–H and O–H groups in total. The van der Waals surface area contributed by atoms with Gasteiger partial charge in [-0.25, -0.2) is 0 Å². The SMILES string of the molecule is CCC(=O)c1ccc(NCC(C)CSC)cc1. The molecule has 0 fully saturated rings. The monoisotopic (exact) mass is 251 g/mol. The Hall–Kier alpha value is -0.960. The van der Waals surface area contributed by atoms with E-state index in [2.05, 4.69) is 18.5 Å². The minimum absolute atomic E-state index is 0.201. The third-order valence-electron chi connectivity index (χ3n) is 2.63. The van der Waals surface area contributed by atoms with Crippen LogP contribution in [0.25, 0.3) is 0 Å². The largest absolute Gasteiger partial charge is 0.385 e. The molecular formula is C14H21NOS. The average Bonchev–Trinajstić information content (AvgIpc) is 2.36. The maximum absolute atomic E-state index is 11.5. The summed E-state index contributed by atoms with van der Waals surface area (Å²) in [6, 6.07) is 7.75. The van der Waals surface area contributed by atoms with Crippen LogP contribution in [0, 0.1) is 5.92 Å². The lowest BCUT2D eigenvalue weighted by atomic mass is 10.1. The molecule has 0 aromatic heterocycles. The van der Waals surface area contributed by atoms with Gasteiger partial charge in [-0.1, -0.05) is 13.8 Å². The van der Waals surface area contributed by atoms with Crippen LogP contribution in [-0.2, 0) is 0 Å². The first-order valence-electron chi connectivity index (χ1n) is 6.03. The van der Waals surface area contributed by atoms with Crippen LogP contribution >= 0.6 is 11.8 Å².